The monoisotopic (exact) mass is 121 g/mol. The van der Waals surface area contributed by atoms with Gasteiger partial charge >= 0.3 is 0 Å². The van der Waals surface area contributed by atoms with Gasteiger partial charge in [0.15, 0.2) is 0 Å². The highest BCUT2D eigenvalue weighted by atomic mass is 14.7. The number of H-pyrrole nitrogens is 1. The Bertz CT molecular complexity index is 184. The Kier molecular flexibility index (Phi) is 1.73. The van der Waals surface area contributed by atoms with Crippen LogP contribution in [0.15, 0.2) is 30.5 Å². The quantitative estimate of drug-likeness (QED) is 0.577. The Morgan fingerprint density at radius 1 is 1.78 bits per heavy atom. The minimum atomic E-state index is 0.965. The van der Waals surface area contributed by atoms with Gasteiger partial charge in [-0.15, -0.1) is 0 Å². The fourth-order valence-corrected chi connectivity index (χ4v) is 0.803. The third-order valence-electron chi connectivity index (χ3n) is 1.15. The molecule has 0 saturated carbocycles. The van der Waals surface area contributed by atoms with Crippen molar-refractivity contribution in [1.29, 1.82) is 0 Å². The van der Waals surface area contributed by atoms with Gasteiger partial charge in [-0.05, 0) is 19.1 Å². The summed E-state index contributed by atoms with van der Waals surface area (Å²) in [6.45, 7) is 5.84. The van der Waals surface area contributed by atoms with E-state index in [1.807, 2.05) is 19.2 Å². The Balaban J connectivity index is 2.58. The molecule has 0 atom stereocenters. The average molecular weight is 121 g/mol. The molecule has 0 unspecified atom stereocenters. The van der Waals surface area contributed by atoms with E-state index in [2.05, 4.69) is 17.6 Å². The summed E-state index contributed by atoms with van der Waals surface area (Å²) < 4.78 is 0. The van der Waals surface area contributed by atoms with E-state index >= 15 is 0 Å². The highest BCUT2D eigenvalue weighted by Gasteiger charge is 1.89. The first-order chi connectivity index (χ1) is 4.29. The van der Waals surface area contributed by atoms with Crippen LogP contribution in [0.1, 0.15) is 12.6 Å². The molecule has 0 aromatic carbocycles. The van der Waals surface area contributed by atoms with Crippen LogP contribution in [0.2, 0.25) is 0 Å². The molecule has 0 aliphatic carbocycles. The van der Waals surface area contributed by atoms with Crippen molar-refractivity contribution in [3.63, 3.8) is 0 Å². The molecule has 1 aromatic rings. The molecule has 0 spiro atoms. The molecule has 1 N–H and O–H groups in total. The van der Waals surface area contributed by atoms with Crippen LogP contribution in [0.4, 0.5) is 0 Å². The lowest BCUT2D eigenvalue weighted by atomic mass is 10.2. The molecular weight excluding hydrogens is 110 g/mol. The van der Waals surface area contributed by atoms with Crippen LogP contribution in [0.5, 0.6) is 0 Å². The Labute approximate surface area is 55.4 Å². The van der Waals surface area contributed by atoms with E-state index < -0.39 is 0 Å². The minimum absolute atomic E-state index is 0.965. The fourth-order valence-electron chi connectivity index (χ4n) is 0.803. The van der Waals surface area contributed by atoms with Gasteiger partial charge in [0.25, 0.3) is 0 Å². The third-order valence-corrected chi connectivity index (χ3v) is 1.15. The van der Waals surface area contributed by atoms with Crippen molar-refractivity contribution in [2.24, 2.45) is 0 Å². The molecule has 1 heteroatoms. The molecule has 0 fully saturated rings. The molecule has 0 saturated heterocycles. The summed E-state index contributed by atoms with van der Waals surface area (Å²) in [4.78, 5) is 3.11. The number of allylic oxidation sites excluding steroid dienone is 1. The van der Waals surface area contributed by atoms with Crippen LogP contribution in [0.25, 0.3) is 0 Å². The number of rotatable bonds is 2. The Morgan fingerprint density at radius 3 is 3.00 bits per heavy atom. The predicted octanol–water partition coefficient (Wildman–Crippen LogP) is 2.13. The smallest absolute Gasteiger partial charge is 0.0188 e. The van der Waals surface area contributed by atoms with E-state index in [0.717, 1.165) is 6.42 Å². The third kappa shape index (κ3) is 1.76. The molecule has 1 rings (SSSR count). The van der Waals surface area contributed by atoms with Gasteiger partial charge < -0.3 is 4.98 Å². The van der Waals surface area contributed by atoms with Crippen molar-refractivity contribution >= 4 is 0 Å². The standard InChI is InChI=1S/C8H11N/c1-7(2)6-8-4-3-5-9-8/h3-5,9H,1,6H2,2H3. The summed E-state index contributed by atoms with van der Waals surface area (Å²) in [5.74, 6) is 0. The summed E-state index contributed by atoms with van der Waals surface area (Å²) in [6.07, 6.45) is 2.89. The van der Waals surface area contributed by atoms with Crippen LogP contribution in [0.3, 0.4) is 0 Å². The average Bonchev–Trinajstić information content (AvgIpc) is 2.15. The molecule has 0 amide bonds. The largest absolute Gasteiger partial charge is 0.365 e. The number of hydrogen-bond donors (Lipinski definition) is 1. The highest BCUT2D eigenvalue weighted by Crippen LogP contribution is 2.01. The Morgan fingerprint density at radius 2 is 2.56 bits per heavy atom. The van der Waals surface area contributed by atoms with Gasteiger partial charge in [0.05, 0.1) is 0 Å². The predicted molar refractivity (Wildman–Crippen MR) is 39.3 cm³/mol. The first kappa shape index (κ1) is 6.14. The van der Waals surface area contributed by atoms with Crippen molar-refractivity contribution in [2.75, 3.05) is 0 Å². The van der Waals surface area contributed by atoms with Gasteiger partial charge in [0.2, 0.25) is 0 Å². The number of hydrogen-bond acceptors (Lipinski definition) is 0. The van der Waals surface area contributed by atoms with Gasteiger partial charge in [-0.1, -0.05) is 12.2 Å². The summed E-state index contributed by atoms with van der Waals surface area (Å²) in [6, 6.07) is 4.06. The highest BCUT2D eigenvalue weighted by molar-refractivity contribution is 5.11. The van der Waals surface area contributed by atoms with Crippen molar-refractivity contribution in [2.45, 2.75) is 13.3 Å². The van der Waals surface area contributed by atoms with Gasteiger partial charge in [-0.3, -0.25) is 0 Å². The van der Waals surface area contributed by atoms with Crippen molar-refractivity contribution in [3.05, 3.63) is 36.2 Å². The summed E-state index contributed by atoms with van der Waals surface area (Å²) in [7, 11) is 0. The molecule has 0 bridgehead atoms. The zero-order chi connectivity index (χ0) is 6.69. The SMILES string of the molecule is C=C(C)Cc1ccc[nH]1. The van der Waals surface area contributed by atoms with Gasteiger partial charge in [0, 0.05) is 18.3 Å². The van der Waals surface area contributed by atoms with Gasteiger partial charge in [0.1, 0.15) is 0 Å². The van der Waals surface area contributed by atoms with Crippen LogP contribution in [-0.4, -0.2) is 4.98 Å². The van der Waals surface area contributed by atoms with E-state index in [0.29, 0.717) is 0 Å². The normalized spacial score (nSPS) is 9.44. The van der Waals surface area contributed by atoms with E-state index in [1.54, 1.807) is 0 Å². The van der Waals surface area contributed by atoms with Gasteiger partial charge in [-0.2, -0.15) is 0 Å². The van der Waals surface area contributed by atoms with Crippen LogP contribution in [-0.2, 0) is 6.42 Å². The zero-order valence-electron chi connectivity index (χ0n) is 5.65. The Hall–Kier alpha value is -0.980. The van der Waals surface area contributed by atoms with Crippen molar-refractivity contribution in [1.82, 2.24) is 4.98 Å². The van der Waals surface area contributed by atoms with E-state index in [1.165, 1.54) is 11.3 Å². The molecule has 0 aliphatic heterocycles. The second-order valence-electron chi connectivity index (χ2n) is 2.33. The molecule has 48 valence electrons. The molecule has 9 heavy (non-hydrogen) atoms. The summed E-state index contributed by atoms with van der Waals surface area (Å²) >= 11 is 0. The van der Waals surface area contributed by atoms with Crippen molar-refractivity contribution < 1.29 is 0 Å². The van der Waals surface area contributed by atoms with E-state index in [-0.39, 0.29) is 0 Å². The molecule has 0 radical (unpaired) electrons. The molecule has 1 nitrogen and oxygen atoms in total. The lowest BCUT2D eigenvalue weighted by Crippen LogP contribution is -1.83. The first-order valence-corrected chi connectivity index (χ1v) is 3.05. The van der Waals surface area contributed by atoms with E-state index in [9.17, 15) is 0 Å². The zero-order valence-corrected chi connectivity index (χ0v) is 5.65. The molecule has 0 aliphatic rings. The number of aromatic nitrogens is 1. The lowest BCUT2D eigenvalue weighted by molar-refractivity contribution is 1.08. The van der Waals surface area contributed by atoms with Crippen LogP contribution in [0, 0.1) is 0 Å². The second-order valence-corrected chi connectivity index (χ2v) is 2.33. The topological polar surface area (TPSA) is 15.8 Å². The molecule has 1 aromatic heterocycles. The maximum atomic E-state index is 3.81. The maximum absolute atomic E-state index is 3.81. The number of aromatic amines is 1. The van der Waals surface area contributed by atoms with Crippen molar-refractivity contribution in [3.8, 4) is 0 Å². The van der Waals surface area contributed by atoms with Crippen LogP contribution < -0.4 is 0 Å². The van der Waals surface area contributed by atoms with E-state index in [4.69, 9.17) is 0 Å². The first-order valence-electron chi connectivity index (χ1n) is 3.05. The summed E-state index contributed by atoms with van der Waals surface area (Å²) in [5.41, 5.74) is 2.43. The molecular formula is C8H11N. The lowest BCUT2D eigenvalue weighted by Gasteiger charge is -1.92. The molecule has 1 heterocycles. The fraction of sp³-hybridized carbons (Fsp3) is 0.250. The van der Waals surface area contributed by atoms with Crippen LogP contribution >= 0.6 is 0 Å². The maximum Gasteiger partial charge on any atom is 0.0188 e. The minimum Gasteiger partial charge on any atom is -0.365 e. The second kappa shape index (κ2) is 2.53. The number of nitrogens with one attached hydrogen (secondary N) is 1. The van der Waals surface area contributed by atoms with Gasteiger partial charge in [-0.25, -0.2) is 0 Å². The summed E-state index contributed by atoms with van der Waals surface area (Å²) in [5, 5.41) is 0.